The first-order chi connectivity index (χ1) is 7.19. The van der Waals surface area contributed by atoms with Crippen LogP contribution >= 0.6 is 0 Å². The summed E-state index contributed by atoms with van der Waals surface area (Å²) in [6.45, 7) is 4.52. The molecule has 0 aliphatic heterocycles. The van der Waals surface area contributed by atoms with Crippen LogP contribution in [0, 0.1) is 5.92 Å². The molecule has 1 aromatic carbocycles. The summed E-state index contributed by atoms with van der Waals surface area (Å²) in [5.74, 6) is 0.692. The Kier molecular flexibility index (Phi) is 5.38. The van der Waals surface area contributed by atoms with Gasteiger partial charge in [-0.05, 0) is 23.5 Å². The average Bonchev–Trinajstić information content (AvgIpc) is 2.62. The topological polar surface area (TPSA) is 0 Å². The Labute approximate surface area is 103 Å². The molecular formula is C12H14F2Zr. The van der Waals surface area contributed by atoms with Gasteiger partial charge < -0.3 is 0 Å². The van der Waals surface area contributed by atoms with Crippen molar-refractivity contribution in [3.05, 3.63) is 41.0 Å². The molecular weight excluding hydrogens is 273 g/mol. The zero-order valence-corrected chi connectivity index (χ0v) is 11.4. The van der Waals surface area contributed by atoms with Crippen LogP contribution in [-0.2, 0) is 30.9 Å². The van der Waals surface area contributed by atoms with Crippen molar-refractivity contribution in [3.8, 4) is 0 Å². The third-order valence-electron chi connectivity index (χ3n) is 2.53. The molecule has 0 saturated heterocycles. The summed E-state index contributed by atoms with van der Waals surface area (Å²) in [7, 11) is 0. The Hall–Kier alpha value is -0.297. The Balaban J connectivity index is 0.000000337. The third kappa shape index (κ3) is 3.64. The van der Waals surface area contributed by atoms with Gasteiger partial charge in [-0.15, -0.1) is 0 Å². The van der Waals surface area contributed by atoms with E-state index in [0.29, 0.717) is 5.92 Å². The van der Waals surface area contributed by atoms with E-state index >= 15 is 0 Å². The van der Waals surface area contributed by atoms with Crippen molar-refractivity contribution in [2.45, 2.75) is 20.3 Å². The molecule has 1 aliphatic rings. The Morgan fingerprint density at radius 2 is 1.80 bits per heavy atom. The molecule has 0 fully saturated rings. The van der Waals surface area contributed by atoms with Gasteiger partial charge in [-0.2, -0.15) is 0 Å². The molecule has 0 radical (unpaired) electrons. The molecule has 0 nitrogen and oxygen atoms in total. The van der Waals surface area contributed by atoms with Crippen LogP contribution in [0.3, 0.4) is 0 Å². The molecule has 3 heteroatoms. The second kappa shape index (κ2) is 6.32. The normalized spacial score (nSPS) is 12.7. The summed E-state index contributed by atoms with van der Waals surface area (Å²) in [6.07, 6.45) is 3.49. The van der Waals surface area contributed by atoms with E-state index in [4.69, 9.17) is 0 Å². The molecule has 0 spiro atoms. The molecule has 0 heterocycles. The molecule has 0 atom stereocenters. The van der Waals surface area contributed by atoms with Gasteiger partial charge in [0.25, 0.3) is 0 Å². The standard InChI is InChI=1S/C12H14.2FH.Zr/c1-9(2)12-7-10-5-3-4-6-11(10)8-12;;;/h3-7,9H,8H2,1-2H3;2*1H;/q;;;+2/p-2. The van der Waals surface area contributed by atoms with Crippen LogP contribution in [0.4, 0.5) is 5.25 Å². The minimum absolute atomic E-state index is 0.692. The summed E-state index contributed by atoms with van der Waals surface area (Å²) < 4.78 is 19.6. The van der Waals surface area contributed by atoms with E-state index in [1.54, 1.807) is 5.57 Å². The number of allylic oxidation sites excluding steroid dienone is 1. The van der Waals surface area contributed by atoms with Crippen molar-refractivity contribution in [1.82, 2.24) is 0 Å². The van der Waals surface area contributed by atoms with Crippen LogP contribution in [0.2, 0.25) is 0 Å². The van der Waals surface area contributed by atoms with Crippen molar-refractivity contribution in [3.63, 3.8) is 0 Å². The SMILES string of the molecule is CC(C)C1=Cc2ccccc2C1.[F][Zr][F]. The van der Waals surface area contributed by atoms with E-state index in [1.165, 1.54) is 11.1 Å². The molecule has 2 rings (SSSR count). The van der Waals surface area contributed by atoms with Gasteiger partial charge >= 0.3 is 29.7 Å². The predicted octanol–water partition coefficient (Wildman–Crippen LogP) is 4.12. The molecule has 80 valence electrons. The molecule has 0 amide bonds. The second-order valence-corrected chi connectivity index (χ2v) is 4.17. The van der Waals surface area contributed by atoms with Gasteiger partial charge in [-0.1, -0.05) is 49.8 Å². The first kappa shape index (κ1) is 12.8. The van der Waals surface area contributed by atoms with Gasteiger partial charge in [0, 0.05) is 0 Å². The molecule has 0 unspecified atom stereocenters. The van der Waals surface area contributed by atoms with E-state index in [9.17, 15) is 5.25 Å². The number of benzene rings is 1. The summed E-state index contributed by atoms with van der Waals surface area (Å²) >= 11 is -2.77. The molecule has 0 aromatic heterocycles. The van der Waals surface area contributed by atoms with E-state index in [1.807, 2.05) is 0 Å². The van der Waals surface area contributed by atoms with Gasteiger partial charge in [0.2, 0.25) is 0 Å². The maximum atomic E-state index is 9.80. The monoisotopic (exact) mass is 286 g/mol. The van der Waals surface area contributed by atoms with Gasteiger partial charge in [0.1, 0.15) is 0 Å². The molecule has 1 aromatic rings. The fraction of sp³-hybridized carbons (Fsp3) is 0.333. The molecule has 1 aliphatic carbocycles. The summed E-state index contributed by atoms with van der Waals surface area (Å²) in [4.78, 5) is 0. The quantitative estimate of drug-likeness (QED) is 0.729. The Morgan fingerprint density at radius 3 is 2.33 bits per heavy atom. The summed E-state index contributed by atoms with van der Waals surface area (Å²) in [5, 5.41) is 0. The molecule has 15 heavy (non-hydrogen) atoms. The van der Waals surface area contributed by atoms with Crippen molar-refractivity contribution in [2.24, 2.45) is 5.92 Å². The summed E-state index contributed by atoms with van der Waals surface area (Å²) in [5.41, 5.74) is 4.47. The van der Waals surface area contributed by atoms with Crippen LogP contribution in [0.15, 0.2) is 29.8 Å². The number of hydrogen-bond acceptors (Lipinski definition) is 0. The van der Waals surface area contributed by atoms with Crippen LogP contribution in [0.1, 0.15) is 25.0 Å². The zero-order valence-electron chi connectivity index (χ0n) is 8.93. The fourth-order valence-corrected chi connectivity index (χ4v) is 1.68. The van der Waals surface area contributed by atoms with E-state index in [-0.39, 0.29) is 0 Å². The van der Waals surface area contributed by atoms with Gasteiger partial charge in [0.05, 0.1) is 0 Å². The number of hydrogen-bond donors (Lipinski definition) is 0. The van der Waals surface area contributed by atoms with E-state index < -0.39 is 24.5 Å². The first-order valence-corrected chi connectivity index (χ1v) is 6.79. The van der Waals surface area contributed by atoms with Crippen molar-refractivity contribution >= 4 is 6.08 Å². The van der Waals surface area contributed by atoms with Gasteiger partial charge in [0.15, 0.2) is 0 Å². The predicted molar refractivity (Wildman–Crippen MR) is 55.2 cm³/mol. The number of halogens is 2. The minimum atomic E-state index is -2.77. The van der Waals surface area contributed by atoms with Crippen LogP contribution < -0.4 is 0 Å². The Bertz CT molecular complexity index is 345. The van der Waals surface area contributed by atoms with Gasteiger partial charge in [-0.25, -0.2) is 0 Å². The second-order valence-electron chi connectivity index (χ2n) is 3.82. The van der Waals surface area contributed by atoms with E-state index in [0.717, 1.165) is 6.42 Å². The van der Waals surface area contributed by atoms with Gasteiger partial charge in [-0.3, -0.25) is 0 Å². The van der Waals surface area contributed by atoms with Crippen molar-refractivity contribution < 1.29 is 29.7 Å². The number of fused-ring (bicyclic) bond motifs is 1. The van der Waals surface area contributed by atoms with Crippen LogP contribution in [-0.4, -0.2) is 0 Å². The average molecular weight is 287 g/mol. The Morgan fingerprint density at radius 1 is 1.20 bits per heavy atom. The molecule has 0 saturated carbocycles. The first-order valence-electron chi connectivity index (χ1n) is 4.93. The number of rotatable bonds is 1. The van der Waals surface area contributed by atoms with E-state index in [2.05, 4.69) is 44.2 Å². The van der Waals surface area contributed by atoms with Crippen molar-refractivity contribution in [2.75, 3.05) is 0 Å². The maximum absolute atomic E-state index is 9.80. The third-order valence-corrected chi connectivity index (χ3v) is 2.53. The summed E-state index contributed by atoms with van der Waals surface area (Å²) in [6, 6.07) is 8.65. The van der Waals surface area contributed by atoms with Crippen molar-refractivity contribution in [1.29, 1.82) is 0 Å². The van der Waals surface area contributed by atoms with Crippen LogP contribution in [0.25, 0.3) is 6.08 Å². The molecule has 0 N–H and O–H groups in total. The van der Waals surface area contributed by atoms with Crippen LogP contribution in [0.5, 0.6) is 0 Å². The zero-order chi connectivity index (χ0) is 11.3. The molecule has 0 bridgehead atoms. The fourth-order valence-electron chi connectivity index (χ4n) is 1.68.